The zero-order chi connectivity index (χ0) is 22.0. The van der Waals surface area contributed by atoms with Crippen molar-refractivity contribution in [1.29, 1.82) is 0 Å². The molecule has 0 radical (unpaired) electrons. The zero-order valence-electron chi connectivity index (χ0n) is 19.9. The molecule has 0 fully saturated rings. The molecule has 2 heterocycles. The Morgan fingerprint density at radius 1 is 0.516 bits per heavy atom. The summed E-state index contributed by atoms with van der Waals surface area (Å²) in [5, 5.41) is 1.13. The largest absolute Gasteiger partial charge is 0.205 e. The second-order valence-corrected chi connectivity index (χ2v) is 9.73. The highest BCUT2D eigenvalue weighted by atomic mass is 79.9. The fourth-order valence-corrected chi connectivity index (χ4v) is 4.52. The Hall–Kier alpha value is -1.22. The van der Waals surface area contributed by atoms with E-state index in [9.17, 15) is 0 Å². The SMILES string of the molecule is CCCCCCCCCCCC[n+]1ccc(-c2cc[n+](CCCCCCBr)cc2)cc1. The van der Waals surface area contributed by atoms with Crippen LogP contribution in [0.4, 0.5) is 0 Å². The first-order chi connectivity index (χ1) is 15.3. The van der Waals surface area contributed by atoms with Gasteiger partial charge >= 0.3 is 0 Å². The van der Waals surface area contributed by atoms with Gasteiger partial charge in [0.25, 0.3) is 0 Å². The van der Waals surface area contributed by atoms with E-state index < -0.39 is 0 Å². The summed E-state index contributed by atoms with van der Waals surface area (Å²) in [5.41, 5.74) is 2.62. The molecule has 0 unspecified atom stereocenters. The highest BCUT2D eigenvalue weighted by Crippen LogP contribution is 2.16. The molecule has 0 saturated heterocycles. The normalized spacial score (nSPS) is 11.2. The minimum absolute atomic E-state index is 1.12. The number of hydrogen-bond acceptors (Lipinski definition) is 0. The third kappa shape index (κ3) is 11.8. The summed E-state index contributed by atoms with van der Waals surface area (Å²) in [4.78, 5) is 0. The Morgan fingerprint density at radius 3 is 1.26 bits per heavy atom. The standard InChI is InChI=1S/C28H45BrN2/c1-2-3-4-5-6-7-8-9-11-14-21-30-23-16-27(17-24-30)28-18-25-31(26-19-28)22-15-12-10-13-20-29/h16-19,23-26H,2-15,20-22H2,1H3/q+2. The number of aryl methyl sites for hydroxylation is 2. The maximum absolute atomic E-state index is 3.51. The molecule has 0 aliphatic rings. The van der Waals surface area contributed by atoms with Crippen molar-refractivity contribution in [3.63, 3.8) is 0 Å². The van der Waals surface area contributed by atoms with Crippen LogP contribution in [-0.2, 0) is 13.1 Å². The summed E-state index contributed by atoms with van der Waals surface area (Å²) in [6.45, 7) is 4.55. The zero-order valence-corrected chi connectivity index (χ0v) is 21.5. The Kier molecular flexibility index (Phi) is 14.6. The monoisotopic (exact) mass is 488 g/mol. The number of rotatable bonds is 18. The molecule has 0 spiro atoms. The number of nitrogens with zero attached hydrogens (tertiary/aromatic N) is 2. The van der Waals surface area contributed by atoms with Crippen LogP contribution >= 0.6 is 15.9 Å². The first kappa shape index (κ1) is 26.0. The molecule has 0 N–H and O–H groups in total. The van der Waals surface area contributed by atoms with Gasteiger partial charge in [0.2, 0.25) is 0 Å². The van der Waals surface area contributed by atoms with E-state index in [0.717, 1.165) is 18.4 Å². The van der Waals surface area contributed by atoms with E-state index in [0.29, 0.717) is 0 Å². The molecule has 2 aromatic heterocycles. The molecule has 172 valence electrons. The first-order valence-electron chi connectivity index (χ1n) is 12.9. The van der Waals surface area contributed by atoms with Gasteiger partial charge in [-0.1, -0.05) is 80.6 Å². The first-order valence-corrected chi connectivity index (χ1v) is 14.0. The molecule has 31 heavy (non-hydrogen) atoms. The quantitative estimate of drug-likeness (QED) is 0.115. The van der Waals surface area contributed by atoms with Crippen LogP contribution in [0.3, 0.4) is 0 Å². The lowest BCUT2D eigenvalue weighted by Crippen LogP contribution is -2.33. The Bertz CT molecular complexity index is 666. The number of halogens is 1. The molecule has 0 aliphatic carbocycles. The number of pyridine rings is 2. The Balaban J connectivity index is 1.60. The van der Waals surface area contributed by atoms with Crippen LogP contribution in [0, 0.1) is 0 Å². The Labute approximate surface area is 200 Å². The van der Waals surface area contributed by atoms with Crippen LogP contribution < -0.4 is 9.13 Å². The van der Waals surface area contributed by atoms with Crippen LogP contribution in [-0.4, -0.2) is 5.33 Å². The van der Waals surface area contributed by atoms with Crippen molar-refractivity contribution < 1.29 is 9.13 Å². The van der Waals surface area contributed by atoms with Gasteiger partial charge in [0, 0.05) is 42.4 Å². The van der Waals surface area contributed by atoms with Crippen LogP contribution in [0.2, 0.25) is 0 Å². The fraction of sp³-hybridized carbons (Fsp3) is 0.643. The van der Waals surface area contributed by atoms with E-state index in [2.05, 4.69) is 81.0 Å². The third-order valence-corrected chi connectivity index (χ3v) is 6.75. The summed E-state index contributed by atoms with van der Waals surface area (Å²) >= 11 is 3.51. The lowest BCUT2D eigenvalue weighted by Gasteiger charge is -2.03. The number of alkyl halides is 1. The van der Waals surface area contributed by atoms with Crippen molar-refractivity contribution in [3.05, 3.63) is 49.1 Å². The second-order valence-electron chi connectivity index (χ2n) is 8.93. The number of unbranched alkanes of at least 4 members (excludes halogenated alkanes) is 12. The van der Waals surface area contributed by atoms with E-state index in [1.807, 2.05) is 0 Å². The fourth-order valence-electron chi connectivity index (χ4n) is 4.12. The molecule has 2 nitrogen and oxygen atoms in total. The van der Waals surface area contributed by atoms with E-state index >= 15 is 0 Å². The third-order valence-electron chi connectivity index (χ3n) is 6.19. The van der Waals surface area contributed by atoms with Crippen molar-refractivity contribution in [2.45, 2.75) is 110 Å². The van der Waals surface area contributed by atoms with Crippen LogP contribution in [0.1, 0.15) is 96.8 Å². The van der Waals surface area contributed by atoms with E-state index in [1.54, 1.807) is 0 Å². The smallest absolute Gasteiger partial charge is 0.169 e. The highest BCUT2D eigenvalue weighted by molar-refractivity contribution is 9.09. The van der Waals surface area contributed by atoms with Crippen LogP contribution in [0.25, 0.3) is 11.1 Å². The maximum Gasteiger partial charge on any atom is 0.169 e. The molecule has 2 rings (SSSR count). The molecule has 0 bridgehead atoms. The maximum atomic E-state index is 3.51. The molecule has 0 amide bonds. The predicted molar refractivity (Wildman–Crippen MR) is 136 cm³/mol. The molecule has 2 aromatic rings. The van der Waals surface area contributed by atoms with Crippen molar-refractivity contribution in [2.24, 2.45) is 0 Å². The van der Waals surface area contributed by atoms with Gasteiger partial charge in [-0.25, -0.2) is 9.13 Å². The summed E-state index contributed by atoms with van der Waals surface area (Å²) in [6, 6.07) is 9.02. The average Bonchev–Trinajstić information content (AvgIpc) is 2.81. The van der Waals surface area contributed by atoms with Crippen LogP contribution in [0.15, 0.2) is 49.1 Å². The summed E-state index contributed by atoms with van der Waals surface area (Å²) in [6.07, 6.45) is 28.1. The van der Waals surface area contributed by atoms with Crippen molar-refractivity contribution in [1.82, 2.24) is 0 Å². The van der Waals surface area contributed by atoms with Crippen molar-refractivity contribution in [3.8, 4) is 11.1 Å². The van der Waals surface area contributed by atoms with Crippen molar-refractivity contribution >= 4 is 15.9 Å². The molecular weight excluding hydrogens is 444 g/mol. The van der Waals surface area contributed by atoms with E-state index in [4.69, 9.17) is 0 Å². The van der Waals surface area contributed by atoms with Gasteiger partial charge in [0.1, 0.15) is 13.1 Å². The average molecular weight is 490 g/mol. The lowest BCUT2D eigenvalue weighted by atomic mass is 10.1. The number of aromatic nitrogens is 2. The molecule has 0 aromatic carbocycles. The summed E-state index contributed by atoms with van der Waals surface area (Å²) in [5.74, 6) is 0. The van der Waals surface area contributed by atoms with Crippen molar-refractivity contribution in [2.75, 3.05) is 5.33 Å². The second kappa shape index (κ2) is 17.3. The summed E-state index contributed by atoms with van der Waals surface area (Å²) < 4.78 is 4.65. The topological polar surface area (TPSA) is 7.76 Å². The summed E-state index contributed by atoms with van der Waals surface area (Å²) in [7, 11) is 0. The van der Waals surface area contributed by atoms with E-state index in [-0.39, 0.29) is 0 Å². The van der Waals surface area contributed by atoms with Gasteiger partial charge in [-0.2, -0.15) is 0 Å². The predicted octanol–water partition coefficient (Wildman–Crippen LogP) is 7.80. The molecule has 3 heteroatoms. The molecule has 0 atom stereocenters. The molecule has 0 saturated carbocycles. The highest BCUT2D eigenvalue weighted by Gasteiger charge is 2.06. The van der Waals surface area contributed by atoms with Gasteiger partial charge in [0.05, 0.1) is 0 Å². The lowest BCUT2D eigenvalue weighted by molar-refractivity contribution is -0.697. The molecular formula is C28H45BrN2+2. The van der Waals surface area contributed by atoms with Gasteiger partial charge < -0.3 is 0 Å². The Morgan fingerprint density at radius 2 is 0.871 bits per heavy atom. The minimum atomic E-state index is 1.12. The van der Waals surface area contributed by atoms with E-state index in [1.165, 1.54) is 101 Å². The van der Waals surface area contributed by atoms with Gasteiger partial charge in [-0.05, 0) is 30.4 Å². The minimum Gasteiger partial charge on any atom is -0.205 e. The molecule has 0 aliphatic heterocycles. The van der Waals surface area contributed by atoms with Crippen LogP contribution in [0.5, 0.6) is 0 Å². The number of hydrogen-bond donors (Lipinski definition) is 0. The van der Waals surface area contributed by atoms with Gasteiger partial charge in [-0.3, -0.25) is 0 Å². The van der Waals surface area contributed by atoms with Gasteiger partial charge in [0.15, 0.2) is 24.8 Å². The van der Waals surface area contributed by atoms with Gasteiger partial charge in [-0.15, -0.1) is 0 Å².